The lowest BCUT2D eigenvalue weighted by Crippen LogP contribution is -2.20. The van der Waals surface area contributed by atoms with Gasteiger partial charge in [-0.3, -0.25) is 0 Å². The molecule has 11 heavy (non-hydrogen) atoms. The first-order valence-electron chi connectivity index (χ1n) is 2.97. The van der Waals surface area contributed by atoms with E-state index in [0.717, 1.165) is 3.57 Å². The summed E-state index contributed by atoms with van der Waals surface area (Å²) < 4.78 is 5.65. The van der Waals surface area contributed by atoms with Crippen LogP contribution in [0.15, 0.2) is 24.3 Å². The minimum atomic E-state index is -1.74. The van der Waals surface area contributed by atoms with Crippen LogP contribution in [0.2, 0.25) is 0 Å². The van der Waals surface area contributed by atoms with Crippen LogP contribution >= 0.6 is 22.6 Å². The van der Waals surface area contributed by atoms with E-state index < -0.39 is 7.32 Å². The topological polar surface area (TPSA) is 49.7 Å². The fourth-order valence-corrected chi connectivity index (χ4v) is 0.994. The predicted octanol–water partition coefficient (Wildman–Crippen LogP) is 0.640. The van der Waals surface area contributed by atoms with Gasteiger partial charge in [-0.2, -0.15) is 0 Å². The Labute approximate surface area is 78.3 Å². The molecule has 0 saturated heterocycles. The molecule has 0 aromatic heterocycles. The summed E-state index contributed by atoms with van der Waals surface area (Å²) in [6.45, 7) is 0. The van der Waals surface area contributed by atoms with Gasteiger partial charge in [0.2, 0.25) is 0 Å². The van der Waals surface area contributed by atoms with Gasteiger partial charge < -0.3 is 14.7 Å². The van der Waals surface area contributed by atoms with Crippen LogP contribution in [0.25, 0.3) is 0 Å². The molecule has 1 aromatic carbocycles. The summed E-state index contributed by atoms with van der Waals surface area (Å²) in [5.41, 5.74) is 0. The van der Waals surface area contributed by atoms with Gasteiger partial charge in [0.25, 0.3) is 0 Å². The van der Waals surface area contributed by atoms with Crippen molar-refractivity contribution < 1.29 is 14.7 Å². The molecule has 0 fully saturated rings. The van der Waals surface area contributed by atoms with Crippen molar-refractivity contribution in [2.75, 3.05) is 0 Å². The minimum absolute atomic E-state index is 0.445. The summed E-state index contributed by atoms with van der Waals surface area (Å²) in [5.74, 6) is 0.445. The first-order valence-corrected chi connectivity index (χ1v) is 4.05. The lowest BCUT2D eigenvalue weighted by Gasteiger charge is -2.02. The highest BCUT2D eigenvalue weighted by Crippen LogP contribution is 2.13. The van der Waals surface area contributed by atoms with Crippen molar-refractivity contribution in [3.8, 4) is 5.75 Å². The van der Waals surface area contributed by atoms with Crippen molar-refractivity contribution in [3.63, 3.8) is 0 Å². The number of rotatable bonds is 2. The molecule has 0 saturated carbocycles. The second kappa shape index (κ2) is 3.94. The van der Waals surface area contributed by atoms with Gasteiger partial charge in [0.1, 0.15) is 5.75 Å². The molecule has 1 aromatic rings. The lowest BCUT2D eigenvalue weighted by molar-refractivity contribution is 0.288. The van der Waals surface area contributed by atoms with Crippen molar-refractivity contribution in [1.29, 1.82) is 0 Å². The molecule has 0 unspecified atom stereocenters. The van der Waals surface area contributed by atoms with E-state index in [1.807, 2.05) is 12.1 Å². The first-order chi connectivity index (χ1) is 5.18. The second-order valence-electron chi connectivity index (χ2n) is 1.90. The predicted molar refractivity (Wildman–Crippen MR) is 50.0 cm³/mol. The van der Waals surface area contributed by atoms with E-state index in [0.29, 0.717) is 5.75 Å². The average Bonchev–Trinajstić information content (AvgIpc) is 1.93. The van der Waals surface area contributed by atoms with E-state index in [4.69, 9.17) is 10.0 Å². The molecule has 0 radical (unpaired) electrons. The quantitative estimate of drug-likeness (QED) is 0.608. The highest BCUT2D eigenvalue weighted by molar-refractivity contribution is 14.1. The maximum Gasteiger partial charge on any atom is 0.707 e. The third-order valence-corrected chi connectivity index (χ3v) is 1.77. The Hall–Kier alpha value is -0.265. The van der Waals surface area contributed by atoms with Gasteiger partial charge in [0, 0.05) is 3.57 Å². The van der Waals surface area contributed by atoms with E-state index in [1.165, 1.54) is 0 Å². The number of hydrogen-bond donors (Lipinski definition) is 2. The van der Waals surface area contributed by atoms with Crippen LogP contribution in [0.4, 0.5) is 0 Å². The van der Waals surface area contributed by atoms with Gasteiger partial charge in [-0.05, 0) is 46.9 Å². The summed E-state index contributed by atoms with van der Waals surface area (Å²) in [6.07, 6.45) is 0. The zero-order valence-corrected chi connectivity index (χ0v) is 7.72. The molecule has 58 valence electrons. The fourth-order valence-electron chi connectivity index (χ4n) is 0.635. The molecule has 0 bridgehead atoms. The van der Waals surface area contributed by atoms with Crippen LogP contribution in [0, 0.1) is 3.57 Å². The highest BCUT2D eigenvalue weighted by Gasteiger charge is 2.09. The molecule has 2 N–H and O–H groups in total. The highest BCUT2D eigenvalue weighted by atomic mass is 127. The Kier molecular flexibility index (Phi) is 3.16. The first kappa shape index (κ1) is 8.83. The Bertz CT molecular complexity index is 224. The Morgan fingerprint density at radius 2 is 1.73 bits per heavy atom. The van der Waals surface area contributed by atoms with Crippen molar-refractivity contribution in [2.24, 2.45) is 0 Å². The average molecular weight is 264 g/mol. The summed E-state index contributed by atoms with van der Waals surface area (Å²) in [7, 11) is -1.74. The summed E-state index contributed by atoms with van der Waals surface area (Å²) >= 11 is 2.15. The molecule has 0 atom stereocenters. The third kappa shape index (κ3) is 3.09. The molecule has 0 heterocycles. The molecular formula is C6H6BIO3. The lowest BCUT2D eigenvalue weighted by atomic mass is 10.2. The molecule has 5 heteroatoms. The largest absolute Gasteiger partial charge is 0.707 e. The van der Waals surface area contributed by atoms with Crippen molar-refractivity contribution in [3.05, 3.63) is 27.8 Å². The molecular weight excluding hydrogens is 258 g/mol. The zero-order chi connectivity index (χ0) is 8.27. The Morgan fingerprint density at radius 1 is 1.18 bits per heavy atom. The molecule has 0 aliphatic carbocycles. The van der Waals surface area contributed by atoms with Crippen LogP contribution in [-0.2, 0) is 0 Å². The number of halogens is 1. The summed E-state index contributed by atoms with van der Waals surface area (Å²) in [5, 5.41) is 16.8. The number of benzene rings is 1. The van der Waals surface area contributed by atoms with Crippen molar-refractivity contribution in [2.45, 2.75) is 0 Å². The monoisotopic (exact) mass is 264 g/mol. The maximum atomic E-state index is 8.41. The standard InChI is InChI=1S/C6H6BIO3/c8-5-1-3-6(4-2-5)11-7(9)10/h1-4,9-10H. The van der Waals surface area contributed by atoms with Crippen LogP contribution < -0.4 is 4.65 Å². The van der Waals surface area contributed by atoms with E-state index in [9.17, 15) is 0 Å². The van der Waals surface area contributed by atoms with E-state index >= 15 is 0 Å². The fraction of sp³-hybridized carbons (Fsp3) is 0. The molecule has 3 nitrogen and oxygen atoms in total. The Morgan fingerprint density at radius 3 is 2.18 bits per heavy atom. The SMILES string of the molecule is OB(O)Oc1ccc(I)cc1. The normalized spacial score (nSPS) is 9.36. The third-order valence-electron chi connectivity index (χ3n) is 1.06. The van der Waals surface area contributed by atoms with Crippen LogP contribution in [0.5, 0.6) is 5.75 Å². The number of hydrogen-bond acceptors (Lipinski definition) is 3. The van der Waals surface area contributed by atoms with Gasteiger partial charge in [-0.1, -0.05) is 0 Å². The maximum absolute atomic E-state index is 8.41. The van der Waals surface area contributed by atoms with Crippen LogP contribution in [0.1, 0.15) is 0 Å². The smallest absolute Gasteiger partial charge is 0.512 e. The molecule has 0 amide bonds. The molecule has 1 rings (SSSR count). The minimum Gasteiger partial charge on any atom is -0.512 e. The molecule has 0 aliphatic rings. The van der Waals surface area contributed by atoms with E-state index in [2.05, 4.69) is 27.2 Å². The van der Waals surface area contributed by atoms with Gasteiger partial charge in [-0.25, -0.2) is 0 Å². The summed E-state index contributed by atoms with van der Waals surface area (Å²) in [4.78, 5) is 0. The van der Waals surface area contributed by atoms with Gasteiger partial charge >= 0.3 is 7.32 Å². The van der Waals surface area contributed by atoms with Crippen LogP contribution in [0.3, 0.4) is 0 Å². The van der Waals surface area contributed by atoms with Crippen molar-refractivity contribution >= 4 is 29.9 Å². The van der Waals surface area contributed by atoms with Gasteiger partial charge in [0.05, 0.1) is 0 Å². The van der Waals surface area contributed by atoms with Crippen molar-refractivity contribution in [1.82, 2.24) is 0 Å². The molecule has 0 spiro atoms. The molecule has 0 aliphatic heterocycles. The van der Waals surface area contributed by atoms with E-state index in [1.54, 1.807) is 12.1 Å². The second-order valence-corrected chi connectivity index (χ2v) is 3.14. The zero-order valence-electron chi connectivity index (χ0n) is 5.57. The van der Waals surface area contributed by atoms with E-state index in [-0.39, 0.29) is 0 Å². The Balaban J connectivity index is 2.66. The van der Waals surface area contributed by atoms with Gasteiger partial charge in [-0.15, -0.1) is 0 Å². The summed E-state index contributed by atoms with van der Waals surface area (Å²) in [6, 6.07) is 6.97. The van der Waals surface area contributed by atoms with Crippen LogP contribution in [-0.4, -0.2) is 17.4 Å². The van der Waals surface area contributed by atoms with Gasteiger partial charge in [0.15, 0.2) is 0 Å².